The van der Waals surface area contributed by atoms with E-state index in [1.807, 2.05) is 24.3 Å². The fourth-order valence-electron chi connectivity index (χ4n) is 5.74. The molecule has 2 heteroatoms. The predicted octanol–water partition coefficient (Wildman–Crippen LogP) is 8.75. The highest BCUT2D eigenvalue weighted by Crippen LogP contribution is 2.48. The summed E-state index contributed by atoms with van der Waals surface area (Å²) in [5, 5.41) is 7.42. The highest BCUT2D eigenvalue weighted by atomic mass is 14.6. The topological polar surface area (TPSA) is 52.0 Å². The molecule has 0 atom stereocenters. The van der Waals surface area contributed by atoms with Crippen LogP contribution in [0.1, 0.15) is 0 Å². The fraction of sp³-hybridized carbons (Fsp3) is 0. The molecule has 0 heterocycles. The summed E-state index contributed by atoms with van der Waals surface area (Å²) in [6, 6.07) is 42.4. The Labute approximate surface area is 209 Å². The summed E-state index contributed by atoms with van der Waals surface area (Å²) >= 11 is 0. The van der Waals surface area contributed by atoms with Gasteiger partial charge in [-0.05, 0) is 60.6 Å². The van der Waals surface area contributed by atoms with Gasteiger partial charge < -0.3 is 11.5 Å². The predicted molar refractivity (Wildman–Crippen MR) is 155 cm³/mol. The van der Waals surface area contributed by atoms with Crippen LogP contribution in [-0.4, -0.2) is 0 Å². The van der Waals surface area contributed by atoms with E-state index in [1.165, 1.54) is 32.3 Å². The Bertz CT molecular complexity index is 1870. The molecule has 0 aliphatic rings. The molecule has 0 unspecified atom stereocenters. The first-order valence-corrected chi connectivity index (χ1v) is 12.2. The molecule has 0 saturated carbocycles. The highest BCUT2D eigenvalue weighted by Gasteiger charge is 2.21. The first kappa shape index (κ1) is 20.5. The fourth-order valence-corrected chi connectivity index (χ4v) is 5.74. The normalized spacial score (nSPS) is 11.6. The van der Waals surface area contributed by atoms with Crippen LogP contribution in [0, 0.1) is 0 Å². The lowest BCUT2D eigenvalue weighted by Gasteiger charge is -2.21. The second kappa shape index (κ2) is 7.86. The van der Waals surface area contributed by atoms with Crippen molar-refractivity contribution >= 4 is 43.7 Å². The van der Waals surface area contributed by atoms with E-state index in [-0.39, 0.29) is 0 Å². The number of benzene rings is 7. The molecule has 7 aromatic carbocycles. The summed E-state index contributed by atoms with van der Waals surface area (Å²) in [6.07, 6.45) is 0. The van der Waals surface area contributed by atoms with Gasteiger partial charge in [-0.25, -0.2) is 0 Å². The van der Waals surface area contributed by atoms with E-state index in [9.17, 15) is 0 Å². The summed E-state index contributed by atoms with van der Waals surface area (Å²) < 4.78 is 0. The van der Waals surface area contributed by atoms with E-state index < -0.39 is 0 Å². The van der Waals surface area contributed by atoms with Gasteiger partial charge in [0.1, 0.15) is 0 Å². The van der Waals surface area contributed by atoms with E-state index in [1.54, 1.807) is 0 Å². The van der Waals surface area contributed by atoms with Crippen LogP contribution in [0.4, 0.5) is 11.4 Å². The van der Waals surface area contributed by atoms with Crippen molar-refractivity contribution in [2.24, 2.45) is 0 Å². The SMILES string of the molecule is Nc1cc(-c2ccccc2)c(-c2ccccc2)c(N)c1-c1ccc2ccc3cccc4ccc1c2c34. The number of hydrogen-bond donors (Lipinski definition) is 2. The van der Waals surface area contributed by atoms with E-state index in [4.69, 9.17) is 11.5 Å². The summed E-state index contributed by atoms with van der Waals surface area (Å²) in [7, 11) is 0. The van der Waals surface area contributed by atoms with Gasteiger partial charge in [0, 0.05) is 16.8 Å². The van der Waals surface area contributed by atoms with Crippen LogP contribution in [0.15, 0.2) is 121 Å². The van der Waals surface area contributed by atoms with Crippen LogP contribution < -0.4 is 11.5 Å². The Kier molecular flexibility index (Phi) is 4.49. The van der Waals surface area contributed by atoms with Gasteiger partial charge >= 0.3 is 0 Å². The molecule has 7 aromatic rings. The number of nitrogen functional groups attached to an aromatic ring is 2. The lowest BCUT2D eigenvalue weighted by Crippen LogP contribution is -2.02. The number of anilines is 2. The van der Waals surface area contributed by atoms with Crippen LogP contribution in [-0.2, 0) is 0 Å². The van der Waals surface area contributed by atoms with Gasteiger partial charge in [-0.15, -0.1) is 0 Å². The zero-order valence-electron chi connectivity index (χ0n) is 19.7. The van der Waals surface area contributed by atoms with Crippen molar-refractivity contribution in [1.29, 1.82) is 0 Å². The second-order valence-corrected chi connectivity index (χ2v) is 9.38. The Hall–Kier alpha value is -4.82. The molecule has 0 amide bonds. The average molecular weight is 461 g/mol. The largest absolute Gasteiger partial charge is 0.398 e. The molecule has 0 aromatic heterocycles. The first-order valence-electron chi connectivity index (χ1n) is 12.2. The van der Waals surface area contributed by atoms with Crippen molar-refractivity contribution in [3.8, 4) is 33.4 Å². The van der Waals surface area contributed by atoms with Gasteiger partial charge in [-0.2, -0.15) is 0 Å². The molecular formula is C34H24N2. The third-order valence-corrected chi connectivity index (χ3v) is 7.34. The smallest absolute Gasteiger partial charge is 0.0500 e. The Morgan fingerprint density at radius 1 is 0.417 bits per heavy atom. The second-order valence-electron chi connectivity index (χ2n) is 9.38. The average Bonchev–Trinajstić information content (AvgIpc) is 2.93. The molecule has 0 spiro atoms. The maximum absolute atomic E-state index is 7.08. The van der Waals surface area contributed by atoms with Gasteiger partial charge in [0.15, 0.2) is 0 Å². The van der Waals surface area contributed by atoms with Crippen molar-refractivity contribution < 1.29 is 0 Å². The molecule has 2 nitrogen and oxygen atoms in total. The maximum Gasteiger partial charge on any atom is 0.0500 e. The van der Waals surface area contributed by atoms with Crippen molar-refractivity contribution in [2.45, 2.75) is 0 Å². The number of nitrogens with two attached hydrogens (primary N) is 2. The molecule has 0 aliphatic carbocycles. The Morgan fingerprint density at radius 2 is 1.00 bits per heavy atom. The minimum absolute atomic E-state index is 0.682. The van der Waals surface area contributed by atoms with Gasteiger partial charge in [0.2, 0.25) is 0 Å². The molecule has 0 bridgehead atoms. The summed E-state index contributed by atoms with van der Waals surface area (Å²) in [5.41, 5.74) is 21.5. The minimum atomic E-state index is 0.682. The highest BCUT2D eigenvalue weighted by molar-refractivity contribution is 6.26. The third kappa shape index (κ3) is 2.98. The van der Waals surface area contributed by atoms with Crippen LogP contribution in [0.2, 0.25) is 0 Å². The van der Waals surface area contributed by atoms with Crippen molar-refractivity contribution in [3.05, 3.63) is 121 Å². The molecule has 0 radical (unpaired) electrons. The van der Waals surface area contributed by atoms with Crippen molar-refractivity contribution in [3.63, 3.8) is 0 Å². The first-order chi connectivity index (χ1) is 17.7. The molecule has 36 heavy (non-hydrogen) atoms. The summed E-state index contributed by atoms with van der Waals surface area (Å²) in [4.78, 5) is 0. The molecule has 170 valence electrons. The molecular weight excluding hydrogens is 436 g/mol. The maximum atomic E-state index is 7.08. The van der Waals surface area contributed by atoms with Gasteiger partial charge in [0.05, 0.1) is 5.69 Å². The molecule has 0 saturated heterocycles. The zero-order valence-corrected chi connectivity index (χ0v) is 19.7. The van der Waals surface area contributed by atoms with Crippen LogP contribution >= 0.6 is 0 Å². The Balaban J connectivity index is 1.59. The number of rotatable bonds is 3. The quantitative estimate of drug-likeness (QED) is 0.204. The van der Waals surface area contributed by atoms with E-state index >= 15 is 0 Å². The molecule has 7 rings (SSSR count). The monoisotopic (exact) mass is 460 g/mol. The number of hydrogen-bond acceptors (Lipinski definition) is 2. The van der Waals surface area contributed by atoms with Gasteiger partial charge in [-0.1, -0.05) is 115 Å². The van der Waals surface area contributed by atoms with E-state index in [0.717, 1.165) is 33.4 Å². The van der Waals surface area contributed by atoms with E-state index in [2.05, 4.69) is 97.1 Å². The molecule has 0 fully saturated rings. The third-order valence-electron chi connectivity index (χ3n) is 7.34. The van der Waals surface area contributed by atoms with Crippen LogP contribution in [0.5, 0.6) is 0 Å². The standard InChI is InChI=1S/C34H24N2/c35-29-20-28(21-8-3-1-4-9-21)32(22-10-5-2-6-11-22)34(36)33(29)27-19-17-25-15-14-23-12-7-13-24-16-18-26(27)31(25)30(23)24/h1-20H,35-36H2. The molecule has 0 aliphatic heterocycles. The molecule has 4 N–H and O–H groups in total. The summed E-state index contributed by atoms with van der Waals surface area (Å²) in [5.74, 6) is 0. The van der Waals surface area contributed by atoms with Crippen molar-refractivity contribution in [1.82, 2.24) is 0 Å². The van der Waals surface area contributed by atoms with Crippen LogP contribution in [0.25, 0.3) is 65.7 Å². The zero-order chi connectivity index (χ0) is 24.2. The minimum Gasteiger partial charge on any atom is -0.398 e. The van der Waals surface area contributed by atoms with E-state index in [0.29, 0.717) is 11.4 Å². The lowest BCUT2D eigenvalue weighted by atomic mass is 9.85. The van der Waals surface area contributed by atoms with Crippen molar-refractivity contribution in [2.75, 3.05) is 11.5 Å². The summed E-state index contributed by atoms with van der Waals surface area (Å²) in [6.45, 7) is 0. The van der Waals surface area contributed by atoms with Gasteiger partial charge in [-0.3, -0.25) is 0 Å². The van der Waals surface area contributed by atoms with Crippen LogP contribution in [0.3, 0.4) is 0 Å². The van der Waals surface area contributed by atoms with Gasteiger partial charge in [0.25, 0.3) is 0 Å². The lowest BCUT2D eigenvalue weighted by molar-refractivity contribution is 1.56. The Morgan fingerprint density at radius 3 is 1.69 bits per heavy atom.